The summed E-state index contributed by atoms with van der Waals surface area (Å²) in [4.78, 5) is 11.5. The summed E-state index contributed by atoms with van der Waals surface area (Å²) in [6, 6.07) is 5.39. The van der Waals surface area contributed by atoms with Gasteiger partial charge in [-0.05, 0) is 0 Å². The van der Waals surface area contributed by atoms with Gasteiger partial charge in [-0.15, -0.1) is 0 Å². The monoisotopic (exact) mass is 395 g/mol. The molecular weight excluding hydrogens is 382 g/mol. The first-order valence-corrected chi connectivity index (χ1v) is 6.37. The van der Waals surface area contributed by atoms with E-state index in [0.29, 0.717) is 5.56 Å². The van der Waals surface area contributed by atoms with E-state index in [1.165, 1.54) is 7.11 Å². The SMILES string of the molecule is C=Cc1c(N[C](C)=[Cr])cccc1C(=O)OC.[C-]#[O+].[C-]#[O+].[C-]#[O+].[C-]#[O+].[C-]#[O+]. The minimum absolute atomic E-state index is 0.365. The Morgan fingerprint density at radius 3 is 1.81 bits per heavy atom. The minimum atomic E-state index is -0.365. The molecular formula is C17H13CrNO7. The van der Waals surface area contributed by atoms with E-state index in [-0.39, 0.29) is 5.97 Å². The molecule has 0 aliphatic carbocycles. The zero-order valence-corrected chi connectivity index (χ0v) is 15.1. The molecule has 9 heteroatoms. The van der Waals surface area contributed by atoms with Crippen molar-refractivity contribution >= 4 is 22.2 Å². The van der Waals surface area contributed by atoms with Crippen LogP contribution in [0, 0.1) is 33.3 Å². The van der Waals surface area contributed by atoms with Crippen LogP contribution in [0.5, 0.6) is 0 Å². The normalized spacial score (nSPS) is 6.15. The Bertz CT molecular complexity index is 608. The van der Waals surface area contributed by atoms with E-state index < -0.39 is 0 Å². The molecule has 1 rings (SSSR count). The van der Waals surface area contributed by atoms with E-state index in [0.717, 1.165) is 15.8 Å². The van der Waals surface area contributed by atoms with Crippen molar-refractivity contribution < 1.29 is 48.6 Å². The number of carbonyl (C=O) groups is 1. The van der Waals surface area contributed by atoms with Crippen LogP contribution in [-0.4, -0.2) is 17.6 Å². The number of benzene rings is 1. The van der Waals surface area contributed by atoms with E-state index in [2.05, 4.69) is 61.0 Å². The number of carbonyl (C=O) groups excluding carboxylic acids is 1. The number of esters is 1. The van der Waals surface area contributed by atoms with Crippen LogP contribution >= 0.6 is 0 Å². The van der Waals surface area contributed by atoms with Gasteiger partial charge in [0.1, 0.15) is 0 Å². The Hall–Kier alpha value is -2.67. The fraction of sp³-hybridized carbons (Fsp3) is 0.118. The predicted octanol–water partition coefficient (Wildman–Crippen LogP) is 2.04. The van der Waals surface area contributed by atoms with Crippen LogP contribution in [0.25, 0.3) is 6.08 Å². The number of hydrogen-bond acceptors (Lipinski definition) is 3. The van der Waals surface area contributed by atoms with Gasteiger partial charge in [-0.3, -0.25) is 0 Å². The number of anilines is 1. The van der Waals surface area contributed by atoms with Crippen molar-refractivity contribution in [2.75, 3.05) is 12.4 Å². The Balaban J connectivity index is -0.000000127. The molecule has 0 aromatic heterocycles. The van der Waals surface area contributed by atoms with Crippen molar-refractivity contribution in [3.63, 3.8) is 0 Å². The Kier molecular flexibility index (Phi) is 40.3. The summed E-state index contributed by atoms with van der Waals surface area (Å²) in [6.45, 7) is 28.1. The first-order valence-electron chi connectivity index (χ1n) is 5.73. The second kappa shape index (κ2) is 30.2. The Morgan fingerprint density at radius 1 is 1.08 bits per heavy atom. The van der Waals surface area contributed by atoms with Crippen molar-refractivity contribution in [2.24, 2.45) is 0 Å². The standard InChI is InChI=1S/C12H13NO2.5CO.Cr/c1-4-9-10(12(14)15-3)7-6-8-11(9)13-5-2;5*1-2;/h4,6-8,13H,1H2,2-3H3;;;;;;. The van der Waals surface area contributed by atoms with E-state index >= 15 is 0 Å². The van der Waals surface area contributed by atoms with Gasteiger partial charge in [0.05, 0.1) is 0 Å². The van der Waals surface area contributed by atoms with Gasteiger partial charge in [-0.25, -0.2) is 0 Å². The van der Waals surface area contributed by atoms with Gasteiger partial charge in [-0.1, -0.05) is 0 Å². The van der Waals surface area contributed by atoms with Crippen molar-refractivity contribution in [1.82, 2.24) is 0 Å². The van der Waals surface area contributed by atoms with Crippen LogP contribution in [-0.2, 0) is 43.8 Å². The molecule has 0 heterocycles. The first kappa shape index (κ1) is 34.6. The molecule has 0 radical (unpaired) electrons. The molecule has 1 aromatic rings. The van der Waals surface area contributed by atoms with Gasteiger partial charge in [0.15, 0.2) is 0 Å². The third-order valence-corrected chi connectivity index (χ3v) is 2.19. The number of ether oxygens (including phenoxy) is 1. The fourth-order valence-corrected chi connectivity index (χ4v) is 1.54. The molecule has 0 aliphatic rings. The molecule has 0 unspecified atom stereocenters. The summed E-state index contributed by atoms with van der Waals surface area (Å²) < 4.78 is 43.1. The summed E-state index contributed by atoms with van der Waals surface area (Å²) in [5.41, 5.74) is 2.07. The molecule has 0 fully saturated rings. The number of rotatable bonds is 4. The van der Waals surface area contributed by atoms with Crippen LogP contribution in [0.3, 0.4) is 0 Å². The number of nitrogens with one attached hydrogen (secondary N) is 1. The molecule has 26 heavy (non-hydrogen) atoms. The molecule has 0 spiro atoms. The van der Waals surface area contributed by atoms with Gasteiger partial charge in [0.25, 0.3) is 0 Å². The molecule has 0 amide bonds. The van der Waals surface area contributed by atoms with Crippen molar-refractivity contribution in [2.45, 2.75) is 6.92 Å². The van der Waals surface area contributed by atoms with Crippen LogP contribution in [0.2, 0.25) is 0 Å². The summed E-state index contributed by atoms with van der Waals surface area (Å²) in [5.74, 6) is -0.365. The van der Waals surface area contributed by atoms with E-state index in [1.54, 1.807) is 18.2 Å². The van der Waals surface area contributed by atoms with Crippen LogP contribution in [0.15, 0.2) is 24.8 Å². The molecule has 1 N–H and O–H groups in total. The zero-order valence-electron chi connectivity index (χ0n) is 13.8. The molecule has 0 bridgehead atoms. The summed E-state index contributed by atoms with van der Waals surface area (Å²) in [7, 11) is 1.36. The van der Waals surface area contributed by atoms with Crippen LogP contribution in [0.1, 0.15) is 22.8 Å². The fourth-order valence-electron chi connectivity index (χ4n) is 1.37. The summed E-state index contributed by atoms with van der Waals surface area (Å²) in [6.07, 6.45) is 1.64. The topological polar surface area (TPSA) is 138 Å². The average molecular weight is 395 g/mol. The van der Waals surface area contributed by atoms with E-state index in [1.807, 2.05) is 13.0 Å². The molecule has 0 saturated heterocycles. The third-order valence-electron chi connectivity index (χ3n) is 2.03. The second-order valence-corrected chi connectivity index (χ2v) is 4.10. The molecule has 134 valence electrons. The maximum atomic E-state index is 11.5. The molecule has 1 aromatic carbocycles. The second-order valence-electron chi connectivity index (χ2n) is 3.14. The van der Waals surface area contributed by atoms with Crippen LogP contribution < -0.4 is 5.32 Å². The van der Waals surface area contributed by atoms with Crippen LogP contribution in [0.4, 0.5) is 5.69 Å². The maximum absolute atomic E-state index is 11.5. The van der Waals surface area contributed by atoms with Gasteiger partial charge in [0, 0.05) is 0 Å². The van der Waals surface area contributed by atoms with Gasteiger partial charge < -0.3 is 0 Å². The van der Waals surface area contributed by atoms with Crippen molar-refractivity contribution in [1.29, 1.82) is 0 Å². The Labute approximate surface area is 159 Å². The van der Waals surface area contributed by atoms with Crippen molar-refractivity contribution in [3.8, 4) is 0 Å². The summed E-state index contributed by atoms with van der Waals surface area (Å²) >= 11 is 2.86. The molecule has 0 aliphatic heterocycles. The summed E-state index contributed by atoms with van der Waals surface area (Å²) in [5, 5.41) is 3.13. The van der Waals surface area contributed by atoms with Gasteiger partial charge in [-0.2, -0.15) is 0 Å². The van der Waals surface area contributed by atoms with E-state index in [9.17, 15) is 4.79 Å². The quantitative estimate of drug-likeness (QED) is 0.474. The molecule has 0 saturated carbocycles. The average Bonchev–Trinajstić information content (AvgIpc) is 2.74. The van der Waals surface area contributed by atoms with Crippen molar-refractivity contribution in [3.05, 3.63) is 69.2 Å². The number of methoxy groups -OCH3 is 1. The first-order chi connectivity index (χ1) is 12.6. The van der Waals surface area contributed by atoms with E-state index in [4.69, 9.17) is 28.0 Å². The van der Waals surface area contributed by atoms with Gasteiger partial charge in [0.2, 0.25) is 0 Å². The predicted molar refractivity (Wildman–Crippen MR) is 81.8 cm³/mol. The third kappa shape index (κ3) is 16.2. The van der Waals surface area contributed by atoms with Gasteiger partial charge >= 0.3 is 159 Å². The molecule has 0 atom stereocenters. The Morgan fingerprint density at radius 2 is 1.50 bits per heavy atom. The molecule has 8 nitrogen and oxygen atoms in total. The number of hydrogen-bond donors (Lipinski definition) is 1. The zero-order chi connectivity index (χ0) is 22.1.